The average Bonchev–Trinajstić information content (AvgIpc) is 3.19. The van der Waals surface area contributed by atoms with Crippen molar-refractivity contribution in [3.05, 3.63) is 89.0 Å². The van der Waals surface area contributed by atoms with Crippen LogP contribution in [0.15, 0.2) is 72.3 Å². The number of aliphatic hydroxyl groups is 1. The van der Waals surface area contributed by atoms with Gasteiger partial charge in [-0.15, -0.1) is 0 Å². The number of aromatic hydroxyl groups is 1. The van der Waals surface area contributed by atoms with E-state index in [0.717, 1.165) is 0 Å². The number of phenols is 1. The van der Waals surface area contributed by atoms with Gasteiger partial charge in [0, 0.05) is 11.8 Å². The third-order valence-electron chi connectivity index (χ3n) is 6.24. The van der Waals surface area contributed by atoms with Gasteiger partial charge in [-0.1, -0.05) is 24.3 Å². The summed E-state index contributed by atoms with van der Waals surface area (Å²) in [6, 6.07) is 16.5. The van der Waals surface area contributed by atoms with Gasteiger partial charge >= 0.3 is 5.97 Å². The summed E-state index contributed by atoms with van der Waals surface area (Å²) in [6.45, 7) is 4.34. The second-order valence-corrected chi connectivity index (χ2v) is 8.71. The lowest BCUT2D eigenvalue weighted by molar-refractivity contribution is -0.139. The summed E-state index contributed by atoms with van der Waals surface area (Å²) < 4.78 is 16.0. The molecule has 0 aromatic heterocycles. The molecule has 1 atom stereocenters. The van der Waals surface area contributed by atoms with Crippen molar-refractivity contribution in [3.8, 4) is 17.2 Å². The molecule has 0 radical (unpaired) electrons. The zero-order valence-corrected chi connectivity index (χ0v) is 21.8. The number of phenolic OH excluding ortho intramolecular Hbond substituents is 1. The minimum absolute atomic E-state index is 0.0452. The number of aliphatic hydroxyl groups excluding tert-OH is 1. The Morgan fingerprint density at radius 3 is 2.31 bits per heavy atom. The number of hydrogen-bond acceptors (Lipinski definition) is 8. The predicted octanol–water partition coefficient (Wildman–Crippen LogP) is 4.53. The molecule has 0 saturated carbocycles. The maximum absolute atomic E-state index is 13.5. The summed E-state index contributed by atoms with van der Waals surface area (Å²) in [7, 11) is 1.30. The standard InChI is InChI=1S/C30H29NO8/c1-4-38-22-13-14-23(24(17-22)39-5-2)28(34)26-27(19-7-6-8-21(32)16-19)31(30(36)29(26)35)20-11-9-18(10-12-20)15-25(33)37-3/h6-14,16-17,27,32,34H,4-5,15H2,1-3H3/b28-26-. The quantitative estimate of drug-likeness (QED) is 0.179. The fraction of sp³-hybridized carbons (Fsp3) is 0.233. The third-order valence-corrected chi connectivity index (χ3v) is 6.24. The van der Waals surface area contributed by atoms with Crippen LogP contribution in [0.2, 0.25) is 0 Å². The zero-order chi connectivity index (χ0) is 28.1. The normalized spacial score (nSPS) is 16.3. The summed E-state index contributed by atoms with van der Waals surface area (Å²) in [4.78, 5) is 39.8. The van der Waals surface area contributed by atoms with Crippen LogP contribution in [0.4, 0.5) is 5.69 Å². The highest BCUT2D eigenvalue weighted by Crippen LogP contribution is 2.44. The van der Waals surface area contributed by atoms with Crippen LogP contribution in [-0.2, 0) is 25.5 Å². The molecule has 39 heavy (non-hydrogen) atoms. The second kappa shape index (κ2) is 11.7. The number of methoxy groups -OCH3 is 1. The number of benzene rings is 3. The Morgan fingerprint density at radius 2 is 1.67 bits per heavy atom. The summed E-state index contributed by atoms with van der Waals surface area (Å²) >= 11 is 0. The van der Waals surface area contributed by atoms with Crippen molar-refractivity contribution in [1.29, 1.82) is 0 Å². The first-order valence-electron chi connectivity index (χ1n) is 12.4. The smallest absolute Gasteiger partial charge is 0.309 e. The first-order chi connectivity index (χ1) is 18.8. The van der Waals surface area contributed by atoms with Crippen LogP contribution in [0.5, 0.6) is 17.2 Å². The zero-order valence-electron chi connectivity index (χ0n) is 21.8. The number of rotatable bonds is 9. The summed E-state index contributed by atoms with van der Waals surface area (Å²) in [5, 5.41) is 21.7. The van der Waals surface area contributed by atoms with E-state index in [1.54, 1.807) is 61.5 Å². The number of ether oxygens (including phenoxy) is 3. The molecule has 1 saturated heterocycles. The van der Waals surface area contributed by atoms with Gasteiger partial charge in [0.05, 0.1) is 43.9 Å². The molecule has 9 heteroatoms. The SMILES string of the molecule is CCOc1ccc(/C(O)=C2/C(=O)C(=O)N(c3ccc(CC(=O)OC)cc3)C2c2cccc(O)c2)c(OCC)c1. The van der Waals surface area contributed by atoms with E-state index in [4.69, 9.17) is 14.2 Å². The number of amides is 1. The molecule has 2 N–H and O–H groups in total. The Labute approximate surface area is 225 Å². The number of ketones is 1. The minimum atomic E-state index is -1.05. The number of anilines is 1. The van der Waals surface area contributed by atoms with Crippen molar-refractivity contribution >= 4 is 29.1 Å². The van der Waals surface area contributed by atoms with E-state index in [-0.39, 0.29) is 35.7 Å². The van der Waals surface area contributed by atoms with Crippen LogP contribution in [0.3, 0.4) is 0 Å². The number of hydrogen-bond donors (Lipinski definition) is 2. The van der Waals surface area contributed by atoms with Gasteiger partial charge in [-0.05, 0) is 61.4 Å². The van der Waals surface area contributed by atoms with Gasteiger partial charge < -0.3 is 24.4 Å². The van der Waals surface area contributed by atoms with Crippen LogP contribution in [0, 0.1) is 0 Å². The first-order valence-corrected chi connectivity index (χ1v) is 12.4. The maximum atomic E-state index is 13.5. The second-order valence-electron chi connectivity index (χ2n) is 8.71. The highest BCUT2D eigenvalue weighted by Gasteiger charge is 2.47. The highest BCUT2D eigenvalue weighted by atomic mass is 16.5. The van der Waals surface area contributed by atoms with Crippen LogP contribution in [-0.4, -0.2) is 48.2 Å². The fourth-order valence-electron chi connectivity index (χ4n) is 4.50. The predicted molar refractivity (Wildman–Crippen MR) is 144 cm³/mol. The number of esters is 1. The molecule has 3 aromatic rings. The molecule has 1 unspecified atom stereocenters. The van der Waals surface area contributed by atoms with E-state index in [2.05, 4.69) is 0 Å². The monoisotopic (exact) mass is 531 g/mol. The average molecular weight is 532 g/mol. The van der Waals surface area contributed by atoms with Gasteiger partial charge in [0.25, 0.3) is 11.7 Å². The van der Waals surface area contributed by atoms with Gasteiger partial charge in [-0.3, -0.25) is 19.3 Å². The van der Waals surface area contributed by atoms with Crippen molar-refractivity contribution in [2.75, 3.05) is 25.2 Å². The molecule has 1 heterocycles. The van der Waals surface area contributed by atoms with Crippen LogP contribution in [0.1, 0.15) is 36.6 Å². The Kier molecular flexibility index (Phi) is 8.19. The number of Topliss-reactive ketones (excluding diaryl/α,β-unsaturated/α-hetero) is 1. The first kappa shape index (κ1) is 27.3. The van der Waals surface area contributed by atoms with Crippen LogP contribution in [0.25, 0.3) is 5.76 Å². The van der Waals surface area contributed by atoms with Gasteiger partial charge in [0.15, 0.2) is 0 Å². The molecule has 0 spiro atoms. The van der Waals surface area contributed by atoms with Crippen LogP contribution < -0.4 is 14.4 Å². The topological polar surface area (TPSA) is 123 Å². The molecule has 3 aromatic carbocycles. The summed E-state index contributed by atoms with van der Waals surface area (Å²) in [6.07, 6.45) is 0.0452. The molecule has 1 aliphatic heterocycles. The molecule has 1 fully saturated rings. The molecule has 1 amide bonds. The van der Waals surface area contributed by atoms with Crippen molar-refractivity contribution in [3.63, 3.8) is 0 Å². The molecular formula is C30H29NO8. The van der Waals surface area contributed by atoms with E-state index in [0.29, 0.717) is 29.2 Å². The largest absolute Gasteiger partial charge is 0.508 e. The highest BCUT2D eigenvalue weighted by molar-refractivity contribution is 6.51. The Bertz CT molecular complexity index is 1430. The fourth-order valence-corrected chi connectivity index (χ4v) is 4.50. The van der Waals surface area contributed by atoms with E-state index in [1.165, 1.54) is 24.1 Å². The van der Waals surface area contributed by atoms with Gasteiger partial charge in [-0.25, -0.2) is 0 Å². The van der Waals surface area contributed by atoms with Crippen molar-refractivity contribution in [1.82, 2.24) is 0 Å². The third kappa shape index (κ3) is 5.57. The Hall–Kier alpha value is -4.79. The molecule has 0 aliphatic carbocycles. The van der Waals surface area contributed by atoms with Crippen molar-refractivity contribution in [2.24, 2.45) is 0 Å². The van der Waals surface area contributed by atoms with E-state index in [9.17, 15) is 24.6 Å². The summed E-state index contributed by atoms with van der Waals surface area (Å²) in [5.74, 6) is -1.84. The molecule has 4 rings (SSSR count). The minimum Gasteiger partial charge on any atom is -0.508 e. The number of carbonyl (C=O) groups is 3. The lowest BCUT2D eigenvalue weighted by Gasteiger charge is -2.26. The molecule has 1 aliphatic rings. The van der Waals surface area contributed by atoms with Gasteiger partial charge in [-0.2, -0.15) is 0 Å². The number of nitrogens with zero attached hydrogens (tertiary/aromatic N) is 1. The Morgan fingerprint density at radius 1 is 0.949 bits per heavy atom. The summed E-state index contributed by atoms with van der Waals surface area (Å²) in [5.41, 5.74) is 1.51. The molecular weight excluding hydrogens is 502 g/mol. The lowest BCUT2D eigenvalue weighted by Crippen LogP contribution is -2.29. The molecule has 9 nitrogen and oxygen atoms in total. The van der Waals surface area contributed by atoms with E-state index < -0.39 is 29.5 Å². The van der Waals surface area contributed by atoms with Gasteiger partial charge in [0.2, 0.25) is 0 Å². The van der Waals surface area contributed by atoms with Crippen LogP contribution >= 0.6 is 0 Å². The maximum Gasteiger partial charge on any atom is 0.309 e. The molecule has 202 valence electrons. The van der Waals surface area contributed by atoms with E-state index in [1.807, 2.05) is 6.92 Å². The number of carbonyl (C=O) groups excluding carboxylic acids is 3. The Balaban J connectivity index is 1.88. The van der Waals surface area contributed by atoms with Gasteiger partial charge in [0.1, 0.15) is 23.0 Å². The van der Waals surface area contributed by atoms with Crippen molar-refractivity contribution < 1.29 is 38.8 Å². The lowest BCUT2D eigenvalue weighted by atomic mass is 9.94. The van der Waals surface area contributed by atoms with E-state index >= 15 is 0 Å². The molecule has 0 bridgehead atoms. The van der Waals surface area contributed by atoms with Crippen molar-refractivity contribution in [2.45, 2.75) is 26.3 Å².